The van der Waals surface area contributed by atoms with Gasteiger partial charge in [0.1, 0.15) is 0 Å². The monoisotopic (exact) mass is 264 g/mol. The number of rotatable bonds is 0. The van der Waals surface area contributed by atoms with Crippen molar-refractivity contribution in [2.24, 2.45) is 0 Å². The third kappa shape index (κ3) is 1.54. The fourth-order valence-corrected chi connectivity index (χ4v) is 4.31. The van der Waals surface area contributed by atoms with E-state index in [1.54, 1.807) is 0 Å². The summed E-state index contributed by atoms with van der Waals surface area (Å²) in [5.41, 5.74) is 9.00. The molecule has 0 N–H and O–H groups in total. The zero-order valence-electron chi connectivity index (χ0n) is 13.5. The molecule has 0 amide bonds. The fraction of sp³-hybridized carbons (Fsp3) is 0.400. The van der Waals surface area contributed by atoms with Crippen molar-refractivity contribution in [3.05, 3.63) is 69.8 Å². The summed E-state index contributed by atoms with van der Waals surface area (Å²) >= 11 is 0. The summed E-state index contributed by atoms with van der Waals surface area (Å²) in [6, 6.07) is 13.5. The van der Waals surface area contributed by atoms with Crippen LogP contribution in [0.15, 0.2) is 36.4 Å². The van der Waals surface area contributed by atoms with E-state index in [-0.39, 0.29) is 10.8 Å². The molecule has 0 aliphatic heterocycles. The molecule has 0 spiro atoms. The molecule has 1 aliphatic carbocycles. The van der Waals surface area contributed by atoms with Gasteiger partial charge >= 0.3 is 0 Å². The van der Waals surface area contributed by atoms with Crippen LogP contribution in [-0.4, -0.2) is 0 Å². The molecule has 2 aromatic carbocycles. The molecule has 104 valence electrons. The molecule has 0 radical (unpaired) electrons. The zero-order valence-corrected chi connectivity index (χ0v) is 13.5. The largest absolute Gasteiger partial charge is 0.0617 e. The Labute approximate surface area is 122 Å². The Morgan fingerprint density at radius 1 is 0.600 bits per heavy atom. The van der Waals surface area contributed by atoms with Crippen LogP contribution in [0.1, 0.15) is 61.1 Å². The van der Waals surface area contributed by atoms with E-state index in [9.17, 15) is 0 Å². The van der Waals surface area contributed by atoms with Crippen molar-refractivity contribution < 1.29 is 0 Å². The van der Waals surface area contributed by atoms with Crippen LogP contribution >= 0.6 is 0 Å². The third-order valence-electron chi connectivity index (χ3n) is 5.14. The van der Waals surface area contributed by atoms with Gasteiger partial charge in [-0.3, -0.25) is 0 Å². The Bertz CT molecular complexity index is 626. The maximum atomic E-state index is 2.37. The predicted octanol–water partition coefficient (Wildman–Crippen LogP) is 5.27. The maximum Gasteiger partial charge on any atom is 0.0155 e. The van der Waals surface area contributed by atoms with Crippen LogP contribution in [0.3, 0.4) is 0 Å². The number of hydrogen-bond acceptors (Lipinski definition) is 0. The van der Waals surface area contributed by atoms with Crippen molar-refractivity contribution in [1.29, 1.82) is 0 Å². The topological polar surface area (TPSA) is 0 Å². The average Bonchev–Trinajstić information content (AvgIpc) is 2.36. The normalized spacial score (nSPS) is 18.3. The van der Waals surface area contributed by atoms with E-state index < -0.39 is 0 Å². The lowest BCUT2D eigenvalue weighted by atomic mass is 9.58. The van der Waals surface area contributed by atoms with E-state index in [2.05, 4.69) is 77.9 Å². The Kier molecular flexibility index (Phi) is 2.67. The minimum atomic E-state index is 0.0809. The van der Waals surface area contributed by atoms with E-state index in [4.69, 9.17) is 0 Å². The van der Waals surface area contributed by atoms with Crippen LogP contribution in [-0.2, 0) is 10.8 Å². The molecule has 0 unspecified atom stereocenters. The van der Waals surface area contributed by atoms with Crippen molar-refractivity contribution in [2.45, 2.75) is 52.4 Å². The summed E-state index contributed by atoms with van der Waals surface area (Å²) in [6.07, 6.45) is 0. The highest BCUT2D eigenvalue weighted by Gasteiger charge is 2.42. The number of benzene rings is 2. The summed E-state index contributed by atoms with van der Waals surface area (Å²) in [5.74, 6) is 0. The number of fused-ring (bicyclic) bond motifs is 2. The van der Waals surface area contributed by atoms with Crippen LogP contribution in [0.2, 0.25) is 0 Å². The smallest absolute Gasteiger partial charge is 0.0155 e. The van der Waals surface area contributed by atoms with Gasteiger partial charge in [-0.25, -0.2) is 0 Å². The van der Waals surface area contributed by atoms with Gasteiger partial charge in [0.15, 0.2) is 0 Å². The molecule has 1 aliphatic rings. The second kappa shape index (κ2) is 3.97. The highest BCUT2D eigenvalue weighted by atomic mass is 14.5. The molecular weight excluding hydrogens is 240 g/mol. The first kappa shape index (κ1) is 13.4. The van der Waals surface area contributed by atoms with E-state index >= 15 is 0 Å². The van der Waals surface area contributed by atoms with E-state index in [1.165, 1.54) is 33.4 Å². The van der Waals surface area contributed by atoms with Gasteiger partial charge in [0.05, 0.1) is 0 Å². The molecular formula is C20H24. The van der Waals surface area contributed by atoms with Crippen LogP contribution in [0, 0.1) is 13.8 Å². The Morgan fingerprint density at radius 3 is 1.30 bits per heavy atom. The molecule has 2 aromatic rings. The molecule has 0 heterocycles. The van der Waals surface area contributed by atoms with Gasteiger partial charge in [0, 0.05) is 10.8 Å². The summed E-state index contributed by atoms with van der Waals surface area (Å²) < 4.78 is 0. The molecule has 0 saturated heterocycles. The van der Waals surface area contributed by atoms with Crippen LogP contribution < -0.4 is 0 Å². The van der Waals surface area contributed by atoms with E-state index in [0.717, 1.165) is 0 Å². The van der Waals surface area contributed by atoms with Crippen LogP contribution in [0.5, 0.6) is 0 Å². The van der Waals surface area contributed by atoms with Gasteiger partial charge in [0.2, 0.25) is 0 Å². The summed E-state index contributed by atoms with van der Waals surface area (Å²) in [5, 5.41) is 0. The first-order valence-electron chi connectivity index (χ1n) is 7.49. The van der Waals surface area contributed by atoms with Gasteiger partial charge in [-0.05, 0) is 47.2 Å². The fourth-order valence-electron chi connectivity index (χ4n) is 4.31. The van der Waals surface area contributed by atoms with Gasteiger partial charge in [-0.2, -0.15) is 0 Å². The van der Waals surface area contributed by atoms with Crippen LogP contribution in [0.25, 0.3) is 0 Å². The molecule has 0 bridgehead atoms. The first-order valence-corrected chi connectivity index (χ1v) is 7.49. The zero-order chi connectivity index (χ0) is 14.7. The maximum absolute atomic E-state index is 2.37. The van der Waals surface area contributed by atoms with Crippen molar-refractivity contribution in [3.63, 3.8) is 0 Å². The second-order valence-corrected chi connectivity index (χ2v) is 7.24. The predicted molar refractivity (Wildman–Crippen MR) is 86.6 cm³/mol. The van der Waals surface area contributed by atoms with Crippen LogP contribution in [0.4, 0.5) is 0 Å². The average molecular weight is 264 g/mol. The lowest BCUT2D eigenvalue weighted by Gasteiger charge is -2.45. The summed E-state index contributed by atoms with van der Waals surface area (Å²) in [7, 11) is 0. The molecule has 0 fully saturated rings. The van der Waals surface area contributed by atoms with Crippen molar-refractivity contribution in [2.75, 3.05) is 0 Å². The SMILES string of the molecule is Cc1cccc2c1C(C)(C)c1cccc(C)c1C2(C)C. The molecule has 0 saturated carbocycles. The number of hydrogen-bond donors (Lipinski definition) is 0. The summed E-state index contributed by atoms with van der Waals surface area (Å²) in [4.78, 5) is 0. The lowest BCUT2D eigenvalue weighted by molar-refractivity contribution is 0.515. The quantitative estimate of drug-likeness (QED) is 0.608. The van der Waals surface area contributed by atoms with Gasteiger partial charge < -0.3 is 0 Å². The van der Waals surface area contributed by atoms with Gasteiger partial charge in [0.25, 0.3) is 0 Å². The highest BCUT2D eigenvalue weighted by molar-refractivity contribution is 5.62. The first-order chi connectivity index (χ1) is 9.28. The standard InChI is InChI=1S/C20H24/c1-13-9-7-11-15-17(13)19(3,4)16-12-8-10-14(2)18(16)20(15,5)6/h7-12H,1-6H3. The van der Waals surface area contributed by atoms with Crippen molar-refractivity contribution >= 4 is 0 Å². The van der Waals surface area contributed by atoms with E-state index in [0.29, 0.717) is 0 Å². The van der Waals surface area contributed by atoms with Crippen molar-refractivity contribution in [1.82, 2.24) is 0 Å². The molecule has 0 nitrogen and oxygen atoms in total. The Hall–Kier alpha value is -1.56. The molecule has 3 rings (SSSR count). The Morgan fingerprint density at radius 2 is 0.950 bits per heavy atom. The molecule has 0 heteroatoms. The lowest BCUT2D eigenvalue weighted by Crippen LogP contribution is -2.37. The van der Waals surface area contributed by atoms with Crippen molar-refractivity contribution in [3.8, 4) is 0 Å². The molecule has 0 aromatic heterocycles. The summed E-state index contributed by atoms with van der Waals surface area (Å²) in [6.45, 7) is 14.0. The second-order valence-electron chi connectivity index (χ2n) is 7.24. The number of aryl methyl sites for hydroxylation is 2. The minimum absolute atomic E-state index is 0.0809. The molecule has 0 atom stereocenters. The third-order valence-corrected chi connectivity index (χ3v) is 5.14. The van der Waals surface area contributed by atoms with Gasteiger partial charge in [-0.1, -0.05) is 64.1 Å². The minimum Gasteiger partial charge on any atom is -0.0617 e. The highest BCUT2D eigenvalue weighted by Crippen LogP contribution is 2.51. The van der Waals surface area contributed by atoms with Gasteiger partial charge in [-0.15, -0.1) is 0 Å². The Balaban J connectivity index is 2.48. The van der Waals surface area contributed by atoms with E-state index in [1.807, 2.05) is 0 Å². The molecule has 20 heavy (non-hydrogen) atoms.